The molecule has 0 radical (unpaired) electrons. The Labute approximate surface area is 137 Å². The van der Waals surface area contributed by atoms with Gasteiger partial charge in [-0.2, -0.15) is 0 Å². The summed E-state index contributed by atoms with van der Waals surface area (Å²) in [6.45, 7) is -0.425. The van der Waals surface area contributed by atoms with Gasteiger partial charge in [0, 0.05) is 10.9 Å². The number of ether oxygens (including phenoxy) is 3. The molecule has 7 nitrogen and oxygen atoms in total. The summed E-state index contributed by atoms with van der Waals surface area (Å²) < 4.78 is 15.2. The molecular formula is C15H16N2O5S. The molecule has 23 heavy (non-hydrogen) atoms. The fourth-order valence-corrected chi connectivity index (χ4v) is 2.66. The van der Waals surface area contributed by atoms with Gasteiger partial charge in [0.25, 0.3) is 5.91 Å². The number of thiazole rings is 1. The minimum atomic E-state index is -0.692. The number of hydrogen-bond acceptors (Lipinski definition) is 7. The largest absolute Gasteiger partial charge is 0.493 e. The Balaban J connectivity index is 2.10. The highest BCUT2D eigenvalue weighted by Crippen LogP contribution is 2.33. The zero-order chi connectivity index (χ0) is 16.8. The van der Waals surface area contributed by atoms with E-state index in [0.717, 1.165) is 10.6 Å². The average Bonchev–Trinajstić information content (AvgIpc) is 3.00. The topological polar surface area (TPSA) is 101 Å². The maximum absolute atomic E-state index is 11.5. The normalized spacial score (nSPS) is 10.2. The number of esters is 1. The molecule has 0 bridgehead atoms. The third kappa shape index (κ3) is 4.43. The molecule has 2 aromatic rings. The first kappa shape index (κ1) is 16.8. The Kier molecular flexibility index (Phi) is 5.53. The monoisotopic (exact) mass is 336 g/mol. The van der Waals surface area contributed by atoms with Gasteiger partial charge in [0.1, 0.15) is 5.01 Å². The summed E-state index contributed by atoms with van der Waals surface area (Å²) in [5.41, 5.74) is 6.33. The number of nitrogens with zero attached hydrogens (tertiary/aromatic N) is 1. The van der Waals surface area contributed by atoms with Gasteiger partial charge in [0.2, 0.25) is 0 Å². The number of carbonyl (C=O) groups excluding carboxylic acids is 2. The van der Waals surface area contributed by atoms with Crippen molar-refractivity contribution in [3.63, 3.8) is 0 Å². The van der Waals surface area contributed by atoms with Crippen LogP contribution in [0.1, 0.15) is 5.69 Å². The van der Waals surface area contributed by atoms with Crippen LogP contribution in [0.15, 0.2) is 23.6 Å². The van der Waals surface area contributed by atoms with Crippen LogP contribution in [-0.4, -0.2) is 37.7 Å². The summed E-state index contributed by atoms with van der Waals surface area (Å²) in [6, 6.07) is 5.46. The highest BCUT2D eigenvalue weighted by atomic mass is 32.1. The van der Waals surface area contributed by atoms with E-state index in [2.05, 4.69) is 4.98 Å². The quantitative estimate of drug-likeness (QED) is 0.767. The number of methoxy groups -OCH3 is 2. The molecule has 0 saturated carbocycles. The summed E-state index contributed by atoms with van der Waals surface area (Å²) in [7, 11) is 3.13. The third-order valence-electron chi connectivity index (χ3n) is 2.88. The van der Waals surface area contributed by atoms with Crippen LogP contribution < -0.4 is 15.2 Å². The van der Waals surface area contributed by atoms with Gasteiger partial charge in [-0.1, -0.05) is 0 Å². The first-order chi connectivity index (χ1) is 11.0. The summed E-state index contributed by atoms with van der Waals surface area (Å²) >= 11 is 1.39. The number of amides is 1. The zero-order valence-corrected chi connectivity index (χ0v) is 13.5. The van der Waals surface area contributed by atoms with Gasteiger partial charge in [0.05, 0.1) is 26.3 Å². The SMILES string of the molecule is COc1ccc(-c2nc(CC(=O)OCC(N)=O)cs2)cc1OC. The lowest BCUT2D eigenvalue weighted by atomic mass is 10.2. The molecule has 1 amide bonds. The first-order valence-corrected chi connectivity index (χ1v) is 7.52. The predicted molar refractivity (Wildman–Crippen MR) is 84.5 cm³/mol. The van der Waals surface area contributed by atoms with Crippen LogP contribution in [0.3, 0.4) is 0 Å². The highest BCUT2D eigenvalue weighted by Gasteiger charge is 2.12. The predicted octanol–water partition coefficient (Wildman–Crippen LogP) is 1.40. The number of aromatic nitrogens is 1. The maximum Gasteiger partial charge on any atom is 0.312 e. The highest BCUT2D eigenvalue weighted by molar-refractivity contribution is 7.13. The van der Waals surface area contributed by atoms with Crippen molar-refractivity contribution in [2.24, 2.45) is 5.73 Å². The number of carbonyl (C=O) groups is 2. The minimum Gasteiger partial charge on any atom is -0.493 e. The van der Waals surface area contributed by atoms with Crippen LogP contribution in [0.4, 0.5) is 0 Å². The van der Waals surface area contributed by atoms with Gasteiger partial charge < -0.3 is 19.9 Å². The van der Waals surface area contributed by atoms with E-state index in [1.54, 1.807) is 25.7 Å². The molecule has 0 fully saturated rings. The Hall–Kier alpha value is -2.61. The van der Waals surface area contributed by atoms with E-state index in [9.17, 15) is 9.59 Å². The molecule has 0 atom stereocenters. The summed E-state index contributed by atoms with van der Waals surface area (Å²) in [5.74, 6) is -0.0127. The number of hydrogen-bond donors (Lipinski definition) is 1. The van der Waals surface area contributed by atoms with Crippen LogP contribution in [0, 0.1) is 0 Å². The van der Waals surface area contributed by atoms with E-state index in [0.29, 0.717) is 17.2 Å². The van der Waals surface area contributed by atoms with E-state index in [1.165, 1.54) is 11.3 Å². The molecule has 1 aromatic carbocycles. The summed E-state index contributed by atoms with van der Waals surface area (Å²) in [6.07, 6.45) is -0.0168. The second kappa shape index (κ2) is 7.59. The van der Waals surface area contributed by atoms with E-state index in [4.69, 9.17) is 19.9 Å². The van der Waals surface area contributed by atoms with Gasteiger partial charge >= 0.3 is 5.97 Å². The van der Waals surface area contributed by atoms with Crippen LogP contribution in [0.25, 0.3) is 10.6 Å². The van der Waals surface area contributed by atoms with Crippen LogP contribution in [-0.2, 0) is 20.7 Å². The molecule has 2 rings (SSSR count). The summed E-state index contributed by atoms with van der Waals surface area (Å²) in [4.78, 5) is 26.5. The minimum absolute atomic E-state index is 0.0168. The van der Waals surface area contributed by atoms with Crippen LogP contribution in [0.5, 0.6) is 11.5 Å². The Morgan fingerprint density at radius 2 is 1.96 bits per heavy atom. The van der Waals surface area contributed by atoms with Crippen molar-refractivity contribution in [2.75, 3.05) is 20.8 Å². The van der Waals surface area contributed by atoms with Gasteiger partial charge in [0.15, 0.2) is 18.1 Å². The lowest BCUT2D eigenvalue weighted by Crippen LogP contribution is -2.21. The molecule has 0 aliphatic heterocycles. The molecule has 1 heterocycles. The third-order valence-corrected chi connectivity index (χ3v) is 3.82. The molecule has 0 aliphatic carbocycles. The number of benzene rings is 1. The molecular weight excluding hydrogens is 320 g/mol. The average molecular weight is 336 g/mol. The molecule has 1 aromatic heterocycles. The van der Waals surface area contributed by atoms with Crippen molar-refractivity contribution in [3.05, 3.63) is 29.3 Å². The van der Waals surface area contributed by atoms with E-state index >= 15 is 0 Å². The number of primary amides is 1. The standard InChI is InChI=1S/C15H16N2O5S/c1-20-11-4-3-9(5-12(11)21-2)15-17-10(8-23-15)6-14(19)22-7-13(16)18/h3-5,8H,6-7H2,1-2H3,(H2,16,18). The molecule has 0 spiro atoms. The lowest BCUT2D eigenvalue weighted by molar-refractivity contribution is -0.147. The van der Waals surface area contributed by atoms with Gasteiger partial charge in [-0.3, -0.25) is 9.59 Å². The van der Waals surface area contributed by atoms with E-state index < -0.39 is 18.5 Å². The number of rotatable bonds is 7. The van der Waals surface area contributed by atoms with Crippen molar-refractivity contribution in [1.29, 1.82) is 0 Å². The van der Waals surface area contributed by atoms with Crippen molar-refractivity contribution < 1.29 is 23.8 Å². The Morgan fingerprint density at radius 3 is 2.61 bits per heavy atom. The smallest absolute Gasteiger partial charge is 0.312 e. The van der Waals surface area contributed by atoms with Crippen molar-refractivity contribution in [3.8, 4) is 22.1 Å². The van der Waals surface area contributed by atoms with Crippen LogP contribution in [0.2, 0.25) is 0 Å². The Morgan fingerprint density at radius 1 is 1.22 bits per heavy atom. The summed E-state index contributed by atoms with van der Waals surface area (Å²) in [5, 5.41) is 2.50. The van der Waals surface area contributed by atoms with Crippen LogP contribution >= 0.6 is 11.3 Å². The molecule has 0 unspecified atom stereocenters. The van der Waals surface area contributed by atoms with Crippen molar-refractivity contribution in [1.82, 2.24) is 4.98 Å². The maximum atomic E-state index is 11.5. The van der Waals surface area contributed by atoms with Crippen molar-refractivity contribution in [2.45, 2.75) is 6.42 Å². The van der Waals surface area contributed by atoms with Gasteiger partial charge in [-0.05, 0) is 18.2 Å². The van der Waals surface area contributed by atoms with E-state index in [1.807, 2.05) is 12.1 Å². The van der Waals surface area contributed by atoms with Gasteiger partial charge in [-0.25, -0.2) is 4.98 Å². The zero-order valence-electron chi connectivity index (χ0n) is 12.7. The number of nitrogens with two attached hydrogens (primary N) is 1. The molecule has 122 valence electrons. The molecule has 2 N–H and O–H groups in total. The fourth-order valence-electron chi connectivity index (χ4n) is 1.84. The second-order valence-corrected chi connectivity index (χ2v) is 5.38. The molecule has 0 aliphatic rings. The molecule has 0 saturated heterocycles. The lowest BCUT2D eigenvalue weighted by Gasteiger charge is -2.08. The van der Waals surface area contributed by atoms with Gasteiger partial charge in [-0.15, -0.1) is 11.3 Å². The Bertz CT molecular complexity index is 714. The fraction of sp³-hybridized carbons (Fsp3) is 0.267. The second-order valence-electron chi connectivity index (χ2n) is 4.52. The van der Waals surface area contributed by atoms with Crippen molar-refractivity contribution >= 4 is 23.2 Å². The molecule has 8 heteroatoms. The first-order valence-electron chi connectivity index (χ1n) is 6.64. The van der Waals surface area contributed by atoms with E-state index in [-0.39, 0.29) is 6.42 Å².